The van der Waals surface area contributed by atoms with Gasteiger partial charge in [0, 0.05) is 0 Å². The van der Waals surface area contributed by atoms with Crippen LogP contribution < -0.4 is 11.1 Å². The van der Waals surface area contributed by atoms with Gasteiger partial charge in [-0.1, -0.05) is 13.8 Å². The molecule has 0 aliphatic carbocycles. The van der Waals surface area contributed by atoms with E-state index in [4.69, 9.17) is 0 Å². The summed E-state index contributed by atoms with van der Waals surface area (Å²) in [5.74, 6) is 0. The molecule has 3 N–H and O–H groups in total. The quantitative estimate of drug-likeness (QED) is 0.525. The molecule has 0 heterocycles. The van der Waals surface area contributed by atoms with Crippen molar-refractivity contribution in [3.8, 4) is 0 Å². The zero-order valence-electron chi connectivity index (χ0n) is 5.49. The smallest absolute Gasteiger partial charge is 0.00775 e. The van der Waals surface area contributed by atoms with Crippen molar-refractivity contribution < 1.29 is 0 Å². The van der Waals surface area contributed by atoms with Gasteiger partial charge in [-0.05, 0) is 20.1 Å². The summed E-state index contributed by atoms with van der Waals surface area (Å²) in [6, 6.07) is 0. The lowest BCUT2D eigenvalue weighted by Crippen LogP contribution is -2.09. The van der Waals surface area contributed by atoms with Gasteiger partial charge in [-0.25, -0.2) is 0 Å². The number of hydrogen-bond donors (Lipinski definition) is 2. The highest BCUT2D eigenvalue weighted by molar-refractivity contribution is 4.27. The molecule has 2 heteroatoms. The summed E-state index contributed by atoms with van der Waals surface area (Å²) in [4.78, 5) is 0. The maximum absolute atomic E-state index is 4.50. The van der Waals surface area contributed by atoms with Gasteiger partial charge >= 0.3 is 0 Å². The van der Waals surface area contributed by atoms with Crippen LogP contribution in [0.25, 0.3) is 0 Å². The molecule has 0 aliphatic rings. The van der Waals surface area contributed by atoms with Crippen LogP contribution in [0.1, 0.15) is 13.8 Å². The molecule has 0 radical (unpaired) electrons. The Morgan fingerprint density at radius 2 is 1.43 bits per heavy atom. The van der Waals surface area contributed by atoms with Gasteiger partial charge in [0.2, 0.25) is 0 Å². The van der Waals surface area contributed by atoms with Crippen LogP contribution in [0.3, 0.4) is 0 Å². The predicted octanol–water partition coefficient (Wildman–Crippen LogP) is 0.191. The SMILES string of the molecule is CCNCC.CN. The van der Waals surface area contributed by atoms with Gasteiger partial charge in [-0.15, -0.1) is 0 Å². The molecule has 46 valence electrons. The van der Waals surface area contributed by atoms with E-state index in [9.17, 15) is 0 Å². The first kappa shape index (κ1) is 10.0. The third kappa shape index (κ3) is 24.7. The Bertz CT molecular complexity index is 13.6. The van der Waals surface area contributed by atoms with Crippen LogP contribution >= 0.6 is 0 Å². The highest BCUT2D eigenvalue weighted by Crippen LogP contribution is 1.47. The van der Waals surface area contributed by atoms with Crippen LogP contribution in [0.15, 0.2) is 0 Å². The van der Waals surface area contributed by atoms with Crippen molar-refractivity contribution in [1.82, 2.24) is 5.32 Å². The Kier molecular flexibility index (Phi) is 24.1. The zero-order chi connectivity index (χ0) is 6.12. The Labute approximate surface area is 46.1 Å². The molecule has 0 fully saturated rings. The summed E-state index contributed by atoms with van der Waals surface area (Å²) in [5.41, 5.74) is 4.50. The van der Waals surface area contributed by atoms with Crippen molar-refractivity contribution in [3.63, 3.8) is 0 Å². The van der Waals surface area contributed by atoms with E-state index in [1.807, 2.05) is 0 Å². The van der Waals surface area contributed by atoms with Gasteiger partial charge in [-0.3, -0.25) is 0 Å². The number of nitrogens with one attached hydrogen (secondary N) is 1. The predicted molar refractivity (Wildman–Crippen MR) is 34.3 cm³/mol. The van der Waals surface area contributed by atoms with Crippen LogP contribution in [0.2, 0.25) is 0 Å². The lowest BCUT2D eigenvalue weighted by atomic mass is 10.7. The Balaban J connectivity index is 0. The third-order valence-corrected chi connectivity index (χ3v) is 0.500. The molecule has 0 atom stereocenters. The summed E-state index contributed by atoms with van der Waals surface area (Å²) in [6.07, 6.45) is 0. The Morgan fingerprint density at radius 1 is 1.14 bits per heavy atom. The maximum atomic E-state index is 4.50. The van der Waals surface area contributed by atoms with Gasteiger partial charge in [0.05, 0.1) is 0 Å². The first-order valence-electron chi connectivity index (χ1n) is 2.70. The molecule has 7 heavy (non-hydrogen) atoms. The van der Waals surface area contributed by atoms with Gasteiger partial charge < -0.3 is 11.1 Å². The average Bonchev–Trinajstić information content (AvgIpc) is 1.75. The minimum absolute atomic E-state index is 1.09. The van der Waals surface area contributed by atoms with Crippen LogP contribution in [0.4, 0.5) is 0 Å². The van der Waals surface area contributed by atoms with Crippen LogP contribution in [-0.2, 0) is 0 Å². The van der Waals surface area contributed by atoms with E-state index in [2.05, 4.69) is 24.9 Å². The fourth-order valence-corrected chi connectivity index (χ4v) is 0.250. The van der Waals surface area contributed by atoms with E-state index in [0.29, 0.717) is 0 Å². The average molecular weight is 104 g/mol. The van der Waals surface area contributed by atoms with Gasteiger partial charge in [-0.2, -0.15) is 0 Å². The molecule has 0 amide bonds. The maximum Gasteiger partial charge on any atom is -0.00775 e. The van der Waals surface area contributed by atoms with E-state index in [1.165, 1.54) is 7.05 Å². The lowest BCUT2D eigenvalue weighted by Gasteiger charge is -1.86. The summed E-state index contributed by atoms with van der Waals surface area (Å²) in [6.45, 7) is 6.39. The minimum Gasteiger partial charge on any atom is -0.333 e. The summed E-state index contributed by atoms with van der Waals surface area (Å²) in [5, 5.41) is 3.11. The van der Waals surface area contributed by atoms with Gasteiger partial charge in [0.1, 0.15) is 0 Å². The number of hydrogen-bond acceptors (Lipinski definition) is 2. The normalized spacial score (nSPS) is 6.86. The van der Waals surface area contributed by atoms with Crippen LogP contribution in [-0.4, -0.2) is 20.1 Å². The highest BCUT2D eigenvalue weighted by Gasteiger charge is 1.62. The van der Waals surface area contributed by atoms with Crippen molar-refractivity contribution in [2.75, 3.05) is 20.1 Å². The van der Waals surface area contributed by atoms with Gasteiger partial charge in [0.15, 0.2) is 0 Å². The van der Waals surface area contributed by atoms with Crippen LogP contribution in [0, 0.1) is 0 Å². The van der Waals surface area contributed by atoms with E-state index < -0.39 is 0 Å². The second kappa shape index (κ2) is 16.8. The van der Waals surface area contributed by atoms with Crippen molar-refractivity contribution in [1.29, 1.82) is 0 Å². The van der Waals surface area contributed by atoms with Crippen molar-refractivity contribution in [3.05, 3.63) is 0 Å². The second-order valence-corrected chi connectivity index (χ2v) is 0.957. The van der Waals surface area contributed by atoms with Crippen LogP contribution in [0.5, 0.6) is 0 Å². The first-order chi connectivity index (χ1) is 3.41. The monoisotopic (exact) mass is 104 g/mol. The molecule has 0 aliphatic heterocycles. The van der Waals surface area contributed by atoms with E-state index >= 15 is 0 Å². The molecule has 0 saturated carbocycles. The summed E-state index contributed by atoms with van der Waals surface area (Å²) in [7, 11) is 1.50. The van der Waals surface area contributed by atoms with E-state index in [1.54, 1.807) is 0 Å². The molecular weight excluding hydrogens is 88.1 g/mol. The summed E-state index contributed by atoms with van der Waals surface area (Å²) < 4.78 is 0. The standard InChI is InChI=1S/C4H11N.CH5N/c1-3-5-4-2;1-2/h5H,3-4H2,1-2H3;2H2,1H3. The molecule has 2 nitrogen and oxygen atoms in total. The van der Waals surface area contributed by atoms with Crippen molar-refractivity contribution in [2.45, 2.75) is 13.8 Å². The fourth-order valence-electron chi connectivity index (χ4n) is 0.250. The molecule has 0 aromatic heterocycles. The number of rotatable bonds is 2. The zero-order valence-corrected chi connectivity index (χ0v) is 5.49. The molecule has 0 spiro atoms. The molecular formula is C5H16N2. The molecule has 0 unspecified atom stereocenters. The lowest BCUT2D eigenvalue weighted by molar-refractivity contribution is 0.762. The van der Waals surface area contributed by atoms with Crippen molar-refractivity contribution >= 4 is 0 Å². The molecule has 0 bridgehead atoms. The molecule has 0 rings (SSSR count). The molecule has 0 aromatic carbocycles. The Hall–Kier alpha value is -0.0800. The highest BCUT2D eigenvalue weighted by atomic mass is 14.8. The van der Waals surface area contributed by atoms with Gasteiger partial charge in [0.25, 0.3) is 0 Å². The van der Waals surface area contributed by atoms with E-state index in [0.717, 1.165) is 13.1 Å². The van der Waals surface area contributed by atoms with E-state index in [-0.39, 0.29) is 0 Å². The van der Waals surface area contributed by atoms with Crippen molar-refractivity contribution in [2.24, 2.45) is 5.73 Å². The Morgan fingerprint density at radius 3 is 1.43 bits per heavy atom. The fraction of sp³-hybridized carbons (Fsp3) is 1.00. The minimum atomic E-state index is 1.09. The number of nitrogens with two attached hydrogens (primary N) is 1. The first-order valence-corrected chi connectivity index (χ1v) is 2.70. The second-order valence-electron chi connectivity index (χ2n) is 0.957. The largest absolute Gasteiger partial charge is 0.333 e. The molecule has 0 saturated heterocycles. The third-order valence-electron chi connectivity index (χ3n) is 0.500. The molecule has 0 aromatic rings. The topological polar surface area (TPSA) is 38.0 Å². The summed E-state index contributed by atoms with van der Waals surface area (Å²) >= 11 is 0.